The van der Waals surface area contributed by atoms with Crippen LogP contribution < -0.4 is 5.73 Å². The molecule has 0 bridgehead atoms. The minimum Gasteiger partial charge on any atom is -0.382 e. The molecule has 6 heteroatoms. The number of aryl methyl sites for hydroxylation is 1. The lowest BCUT2D eigenvalue weighted by Gasteiger charge is -2.37. The number of hydrogen-bond acceptors (Lipinski definition) is 4. The van der Waals surface area contributed by atoms with Crippen LogP contribution in [-0.4, -0.2) is 47.5 Å². The number of methoxy groups -OCH3 is 1. The summed E-state index contributed by atoms with van der Waals surface area (Å²) in [4.78, 5) is 30.2. The zero-order valence-electron chi connectivity index (χ0n) is 13.2. The van der Waals surface area contributed by atoms with Crippen molar-refractivity contribution in [3.63, 3.8) is 0 Å². The molecule has 2 rings (SSSR count). The number of nitrogens with zero attached hydrogens (tertiary/aromatic N) is 2. The van der Waals surface area contributed by atoms with Crippen LogP contribution in [-0.2, 0) is 16.0 Å². The van der Waals surface area contributed by atoms with Gasteiger partial charge in [0.25, 0.3) is 5.91 Å². The van der Waals surface area contributed by atoms with Gasteiger partial charge in [0, 0.05) is 19.9 Å². The van der Waals surface area contributed by atoms with E-state index < -0.39 is 11.4 Å². The van der Waals surface area contributed by atoms with Gasteiger partial charge in [0.05, 0.1) is 18.6 Å². The third-order valence-corrected chi connectivity index (χ3v) is 4.21. The molecule has 1 aromatic rings. The Morgan fingerprint density at radius 1 is 1.50 bits per heavy atom. The first kappa shape index (κ1) is 16.4. The Kier molecular flexibility index (Phi) is 5.13. The smallest absolute Gasteiger partial charge is 0.273 e. The molecule has 0 aromatic carbocycles. The molecular weight excluding hydrogens is 282 g/mol. The Morgan fingerprint density at radius 3 is 2.91 bits per heavy atom. The van der Waals surface area contributed by atoms with Crippen LogP contribution in [0.25, 0.3) is 0 Å². The maximum absolute atomic E-state index is 12.8. The summed E-state index contributed by atoms with van der Waals surface area (Å²) in [7, 11) is 1.57. The summed E-state index contributed by atoms with van der Waals surface area (Å²) in [6.07, 6.45) is 4.14. The van der Waals surface area contributed by atoms with E-state index in [0.717, 1.165) is 18.4 Å². The molecular formula is C16H23N3O3. The van der Waals surface area contributed by atoms with Crippen molar-refractivity contribution >= 4 is 11.8 Å². The first-order valence-corrected chi connectivity index (χ1v) is 7.56. The van der Waals surface area contributed by atoms with Crippen molar-refractivity contribution in [2.45, 2.75) is 38.1 Å². The van der Waals surface area contributed by atoms with Crippen LogP contribution in [0, 0.1) is 0 Å². The molecule has 2 N–H and O–H groups in total. The van der Waals surface area contributed by atoms with E-state index in [9.17, 15) is 9.59 Å². The van der Waals surface area contributed by atoms with Crippen LogP contribution in [0.15, 0.2) is 18.3 Å². The molecule has 120 valence electrons. The van der Waals surface area contributed by atoms with E-state index in [1.54, 1.807) is 18.2 Å². The van der Waals surface area contributed by atoms with E-state index in [1.165, 1.54) is 0 Å². The van der Waals surface area contributed by atoms with Crippen molar-refractivity contribution in [1.82, 2.24) is 9.88 Å². The maximum Gasteiger partial charge on any atom is 0.273 e. The lowest BCUT2D eigenvalue weighted by molar-refractivity contribution is -0.121. The van der Waals surface area contributed by atoms with Crippen molar-refractivity contribution < 1.29 is 14.3 Å². The van der Waals surface area contributed by atoms with Gasteiger partial charge in [0.1, 0.15) is 5.69 Å². The molecule has 1 unspecified atom stereocenters. The summed E-state index contributed by atoms with van der Waals surface area (Å²) in [5.41, 5.74) is 6.20. The second kappa shape index (κ2) is 6.87. The van der Waals surface area contributed by atoms with Crippen LogP contribution in [0.2, 0.25) is 0 Å². The quantitative estimate of drug-likeness (QED) is 0.854. The molecule has 0 saturated carbocycles. The molecule has 2 heterocycles. The number of amides is 2. The van der Waals surface area contributed by atoms with Gasteiger partial charge in [-0.25, -0.2) is 0 Å². The molecule has 1 saturated heterocycles. The largest absolute Gasteiger partial charge is 0.382 e. The van der Waals surface area contributed by atoms with Gasteiger partial charge in [0.15, 0.2) is 0 Å². The van der Waals surface area contributed by atoms with Gasteiger partial charge in [-0.1, -0.05) is 6.92 Å². The van der Waals surface area contributed by atoms with Crippen molar-refractivity contribution in [2.24, 2.45) is 5.73 Å². The summed E-state index contributed by atoms with van der Waals surface area (Å²) in [5, 5.41) is 0. The van der Waals surface area contributed by atoms with Gasteiger partial charge >= 0.3 is 0 Å². The number of carbonyl (C=O) groups excluding carboxylic acids is 2. The Hall–Kier alpha value is -1.95. The maximum atomic E-state index is 12.8. The van der Waals surface area contributed by atoms with E-state index in [2.05, 4.69) is 4.98 Å². The zero-order valence-corrected chi connectivity index (χ0v) is 13.2. The normalized spacial score (nSPS) is 21.1. The molecule has 1 atom stereocenters. The SMILES string of the molecule is CCc1ccnc(C(=O)N2CCCC2(COC)CC(N)=O)c1. The molecule has 0 aliphatic carbocycles. The minimum absolute atomic E-state index is 0.111. The third-order valence-electron chi connectivity index (χ3n) is 4.21. The summed E-state index contributed by atoms with van der Waals surface area (Å²) in [6.45, 7) is 2.92. The molecule has 6 nitrogen and oxygen atoms in total. The highest BCUT2D eigenvalue weighted by atomic mass is 16.5. The second-order valence-corrected chi connectivity index (χ2v) is 5.76. The first-order chi connectivity index (χ1) is 10.5. The molecule has 1 aliphatic rings. The van der Waals surface area contributed by atoms with Crippen LogP contribution in [0.4, 0.5) is 0 Å². The molecule has 0 radical (unpaired) electrons. The van der Waals surface area contributed by atoms with Crippen LogP contribution in [0.3, 0.4) is 0 Å². The zero-order chi connectivity index (χ0) is 16.2. The Labute approximate surface area is 130 Å². The van der Waals surface area contributed by atoms with Gasteiger partial charge < -0.3 is 15.4 Å². The fourth-order valence-electron chi connectivity index (χ4n) is 3.18. The number of carbonyl (C=O) groups is 2. The van der Waals surface area contributed by atoms with Crippen LogP contribution >= 0.6 is 0 Å². The highest BCUT2D eigenvalue weighted by Gasteiger charge is 2.45. The number of likely N-dealkylation sites (tertiary alicyclic amines) is 1. The first-order valence-electron chi connectivity index (χ1n) is 7.56. The second-order valence-electron chi connectivity index (χ2n) is 5.76. The number of nitrogens with two attached hydrogens (primary N) is 1. The average molecular weight is 305 g/mol. The molecule has 0 spiro atoms. The van der Waals surface area contributed by atoms with Crippen molar-refractivity contribution in [3.8, 4) is 0 Å². The lowest BCUT2D eigenvalue weighted by Crippen LogP contribution is -2.52. The molecule has 1 fully saturated rings. The Bertz CT molecular complexity index is 561. The average Bonchev–Trinajstić information content (AvgIpc) is 2.89. The predicted octanol–water partition coefficient (Wildman–Crippen LogP) is 1.14. The van der Waals surface area contributed by atoms with E-state index >= 15 is 0 Å². The van der Waals surface area contributed by atoms with Crippen LogP contribution in [0.1, 0.15) is 42.2 Å². The molecule has 1 aromatic heterocycles. The van der Waals surface area contributed by atoms with E-state index in [-0.39, 0.29) is 12.3 Å². The molecule has 1 aliphatic heterocycles. The Balaban J connectivity index is 2.30. The fraction of sp³-hybridized carbons (Fsp3) is 0.562. The third kappa shape index (κ3) is 3.27. The number of ether oxygens (including phenoxy) is 1. The highest BCUT2D eigenvalue weighted by molar-refractivity contribution is 5.93. The van der Waals surface area contributed by atoms with Crippen LogP contribution in [0.5, 0.6) is 0 Å². The number of hydrogen-bond donors (Lipinski definition) is 1. The summed E-state index contributed by atoms with van der Waals surface area (Å²) in [6, 6.07) is 3.70. The van der Waals surface area contributed by atoms with E-state index in [4.69, 9.17) is 10.5 Å². The molecule has 2 amide bonds. The van der Waals surface area contributed by atoms with Gasteiger partial charge in [-0.2, -0.15) is 0 Å². The summed E-state index contributed by atoms with van der Waals surface area (Å²) >= 11 is 0. The number of aromatic nitrogens is 1. The van der Waals surface area contributed by atoms with Gasteiger partial charge in [-0.15, -0.1) is 0 Å². The number of rotatable bonds is 6. The van der Waals surface area contributed by atoms with Crippen molar-refractivity contribution in [2.75, 3.05) is 20.3 Å². The van der Waals surface area contributed by atoms with Gasteiger partial charge in [-0.3, -0.25) is 14.6 Å². The van der Waals surface area contributed by atoms with E-state index in [0.29, 0.717) is 25.3 Å². The standard InChI is InChI=1S/C16H23N3O3/c1-3-12-5-7-18-13(9-12)15(21)19-8-4-6-16(19,11-22-2)10-14(17)20/h5,7,9H,3-4,6,8,10-11H2,1-2H3,(H2,17,20). The predicted molar refractivity (Wildman–Crippen MR) is 82.3 cm³/mol. The lowest BCUT2D eigenvalue weighted by atomic mass is 9.92. The van der Waals surface area contributed by atoms with E-state index in [1.807, 2.05) is 19.1 Å². The topological polar surface area (TPSA) is 85.5 Å². The molecule has 22 heavy (non-hydrogen) atoms. The van der Waals surface area contributed by atoms with Gasteiger partial charge in [-0.05, 0) is 37.0 Å². The fourth-order valence-corrected chi connectivity index (χ4v) is 3.18. The van der Waals surface area contributed by atoms with Gasteiger partial charge in [0.2, 0.25) is 5.91 Å². The summed E-state index contributed by atoms with van der Waals surface area (Å²) < 4.78 is 5.27. The minimum atomic E-state index is -0.651. The monoisotopic (exact) mass is 305 g/mol. The summed E-state index contributed by atoms with van der Waals surface area (Å²) in [5.74, 6) is -0.585. The van der Waals surface area contributed by atoms with Crippen molar-refractivity contribution in [1.29, 1.82) is 0 Å². The number of primary amides is 1. The number of pyridine rings is 1. The highest BCUT2D eigenvalue weighted by Crippen LogP contribution is 2.34. The van der Waals surface area contributed by atoms with Crippen molar-refractivity contribution in [3.05, 3.63) is 29.6 Å². The Morgan fingerprint density at radius 2 is 2.27 bits per heavy atom.